The number of phenolic OH excluding ortho intramolecular Hbond substituents is 1. The first kappa shape index (κ1) is 25.7. The molecule has 3 aromatic rings. The van der Waals surface area contributed by atoms with Crippen LogP contribution in [-0.4, -0.2) is 21.6 Å². The molecule has 3 aromatic carbocycles. The van der Waals surface area contributed by atoms with Crippen LogP contribution in [0.1, 0.15) is 70.4 Å². The molecule has 5 nitrogen and oxygen atoms in total. The number of phenols is 1. The van der Waals surface area contributed by atoms with Crippen molar-refractivity contribution in [1.82, 2.24) is 0 Å². The highest BCUT2D eigenvalue weighted by molar-refractivity contribution is 7.54. The van der Waals surface area contributed by atoms with Crippen LogP contribution in [0.4, 0.5) is 0 Å². The normalized spacial score (nSPS) is 13.0. The Bertz CT molecular complexity index is 1180. The Balaban J connectivity index is 1.81. The molecule has 0 spiro atoms. The zero-order chi connectivity index (χ0) is 24.9. The average Bonchev–Trinajstić information content (AvgIpc) is 2.79. The van der Waals surface area contributed by atoms with Crippen LogP contribution < -0.4 is 0 Å². The number of benzene rings is 3. The number of aryl methyl sites for hydroxylation is 2. The molecule has 0 radical (unpaired) electrons. The Morgan fingerprint density at radius 1 is 0.912 bits per heavy atom. The molecule has 0 saturated carbocycles. The molecule has 0 aliphatic carbocycles. The molecule has 1 atom stereocenters. The van der Waals surface area contributed by atoms with Crippen molar-refractivity contribution in [2.75, 3.05) is 0 Å². The van der Waals surface area contributed by atoms with Crippen LogP contribution in [0.15, 0.2) is 60.7 Å². The molecule has 0 bridgehead atoms. The van der Waals surface area contributed by atoms with Gasteiger partial charge in [-0.3, -0.25) is 0 Å². The highest BCUT2D eigenvalue weighted by Gasteiger charge is 2.33. The van der Waals surface area contributed by atoms with Crippen molar-refractivity contribution in [2.24, 2.45) is 0 Å². The van der Waals surface area contributed by atoms with Crippen LogP contribution in [0.3, 0.4) is 0 Å². The van der Waals surface area contributed by atoms with Crippen molar-refractivity contribution in [1.29, 1.82) is 0 Å². The topological polar surface area (TPSA) is 83.8 Å². The molecule has 0 aliphatic rings. The Labute approximate surface area is 202 Å². The molecule has 1 unspecified atom stereocenters. The molecule has 0 amide bonds. The van der Waals surface area contributed by atoms with E-state index < -0.39 is 19.2 Å². The smallest absolute Gasteiger partial charge is 0.382 e. The lowest BCUT2D eigenvalue weighted by atomic mass is 9.92. The van der Waals surface area contributed by atoms with Crippen molar-refractivity contribution >= 4 is 13.6 Å². The van der Waals surface area contributed by atoms with Gasteiger partial charge in [0, 0.05) is 6.42 Å². The summed E-state index contributed by atoms with van der Waals surface area (Å²) in [6.07, 6.45) is 2.21. The lowest BCUT2D eigenvalue weighted by molar-refractivity contribution is 0.0711. The number of rotatable bonds is 9. The fraction of sp³-hybridized carbons (Fsp3) is 0.321. The van der Waals surface area contributed by atoms with Crippen molar-refractivity contribution in [3.63, 3.8) is 0 Å². The molecule has 0 fully saturated rings. The minimum Gasteiger partial charge on any atom is -0.508 e. The van der Waals surface area contributed by atoms with E-state index in [4.69, 9.17) is 4.52 Å². The summed E-state index contributed by atoms with van der Waals surface area (Å²) >= 11 is 0. The summed E-state index contributed by atoms with van der Waals surface area (Å²) in [5.74, 6) is -0.504. The number of aromatic hydroxyl groups is 1. The minimum absolute atomic E-state index is 0.269. The molecule has 3 rings (SSSR count). The van der Waals surface area contributed by atoms with Gasteiger partial charge in [0.25, 0.3) is 0 Å². The zero-order valence-electron chi connectivity index (χ0n) is 20.2. The molecular weight excluding hydrogens is 447 g/mol. The van der Waals surface area contributed by atoms with Gasteiger partial charge >= 0.3 is 13.6 Å². The Morgan fingerprint density at radius 2 is 1.53 bits per heavy atom. The third-order valence-electron chi connectivity index (χ3n) is 6.31. The van der Waals surface area contributed by atoms with Crippen LogP contribution in [-0.2, 0) is 21.9 Å². The monoisotopic (exact) mass is 480 g/mol. The van der Waals surface area contributed by atoms with Crippen molar-refractivity contribution in [2.45, 2.75) is 59.0 Å². The summed E-state index contributed by atoms with van der Waals surface area (Å²) in [4.78, 5) is 22.9. The summed E-state index contributed by atoms with van der Waals surface area (Å²) in [6, 6.07) is 19.1. The molecule has 0 saturated heterocycles. The number of carbonyl (C=O) groups excluding carboxylic acids is 1. The van der Waals surface area contributed by atoms with E-state index in [2.05, 4.69) is 0 Å². The summed E-state index contributed by atoms with van der Waals surface area (Å²) in [5, 5.41) is 10.3. The first-order valence-electron chi connectivity index (χ1n) is 11.7. The maximum absolute atomic E-state index is 12.6. The van der Waals surface area contributed by atoms with Gasteiger partial charge in [-0.1, -0.05) is 56.3 Å². The third kappa shape index (κ3) is 6.16. The van der Waals surface area contributed by atoms with E-state index >= 15 is 0 Å². The Morgan fingerprint density at radius 3 is 2.12 bits per heavy atom. The number of carbonyl (C=O) groups is 1. The molecule has 34 heavy (non-hydrogen) atoms. The second-order valence-corrected chi connectivity index (χ2v) is 10.8. The van der Waals surface area contributed by atoms with E-state index in [1.807, 2.05) is 70.2 Å². The van der Waals surface area contributed by atoms with E-state index in [0.29, 0.717) is 25.7 Å². The van der Waals surface area contributed by atoms with Gasteiger partial charge in [0.05, 0.1) is 11.2 Å². The highest BCUT2D eigenvalue weighted by Crippen LogP contribution is 2.50. The summed E-state index contributed by atoms with van der Waals surface area (Å²) in [7, 11) is -4.03. The predicted molar refractivity (Wildman–Crippen MR) is 136 cm³/mol. The standard InChI is InChI=1S/C28H33O5P/c1-5-25(6-2)34(31,32)33-28(30)24-14-19(3)26(20(4)15-24)18-22-12-13-27(29)23(17-22)16-21-10-8-7-9-11-21/h7-15,17,25,29H,5-6,16,18H2,1-4H3,(H,31,32). The molecule has 0 aromatic heterocycles. The fourth-order valence-electron chi connectivity index (χ4n) is 4.30. The molecule has 180 valence electrons. The summed E-state index contributed by atoms with van der Waals surface area (Å²) in [6.45, 7) is 7.46. The van der Waals surface area contributed by atoms with E-state index in [9.17, 15) is 19.4 Å². The highest BCUT2D eigenvalue weighted by atomic mass is 31.2. The van der Waals surface area contributed by atoms with Crippen molar-refractivity contribution in [3.8, 4) is 5.75 Å². The molecule has 0 aliphatic heterocycles. The summed E-state index contributed by atoms with van der Waals surface area (Å²) in [5.41, 5.74) is 5.63. The first-order valence-corrected chi connectivity index (χ1v) is 13.3. The largest absolute Gasteiger partial charge is 0.508 e. The first-order chi connectivity index (χ1) is 16.1. The average molecular weight is 481 g/mol. The van der Waals surface area contributed by atoms with Crippen LogP contribution >= 0.6 is 7.60 Å². The van der Waals surface area contributed by atoms with Crippen LogP contribution in [0.2, 0.25) is 0 Å². The van der Waals surface area contributed by atoms with Gasteiger partial charge in [0.15, 0.2) is 0 Å². The zero-order valence-corrected chi connectivity index (χ0v) is 21.1. The number of hydrogen-bond acceptors (Lipinski definition) is 4. The second-order valence-electron chi connectivity index (χ2n) is 8.80. The fourth-order valence-corrected chi connectivity index (χ4v) is 5.71. The maximum Gasteiger partial charge on any atom is 0.382 e. The summed E-state index contributed by atoms with van der Waals surface area (Å²) < 4.78 is 17.6. The third-order valence-corrected chi connectivity index (χ3v) is 8.39. The van der Waals surface area contributed by atoms with E-state index in [-0.39, 0.29) is 11.3 Å². The Hall–Kier alpha value is -2.88. The number of hydrogen-bond donors (Lipinski definition) is 2. The van der Waals surface area contributed by atoms with Gasteiger partial charge in [-0.05, 0) is 84.7 Å². The van der Waals surface area contributed by atoms with Gasteiger partial charge in [0.1, 0.15) is 5.75 Å². The minimum atomic E-state index is -4.03. The van der Waals surface area contributed by atoms with Crippen LogP contribution in [0, 0.1) is 13.8 Å². The van der Waals surface area contributed by atoms with Crippen LogP contribution in [0.5, 0.6) is 5.75 Å². The van der Waals surface area contributed by atoms with E-state index in [1.54, 1.807) is 18.2 Å². The lowest BCUT2D eigenvalue weighted by Gasteiger charge is -2.20. The predicted octanol–water partition coefficient (Wildman–Crippen LogP) is 6.72. The van der Waals surface area contributed by atoms with Gasteiger partial charge in [-0.25, -0.2) is 9.36 Å². The van der Waals surface area contributed by atoms with Crippen LogP contribution in [0.25, 0.3) is 0 Å². The van der Waals surface area contributed by atoms with E-state index in [0.717, 1.165) is 33.4 Å². The molecule has 2 N–H and O–H groups in total. The maximum atomic E-state index is 12.6. The van der Waals surface area contributed by atoms with Gasteiger partial charge in [-0.2, -0.15) is 0 Å². The van der Waals surface area contributed by atoms with Gasteiger partial charge in [0.2, 0.25) is 0 Å². The molecule has 6 heteroatoms. The van der Waals surface area contributed by atoms with E-state index in [1.165, 1.54) is 0 Å². The van der Waals surface area contributed by atoms with Gasteiger partial charge < -0.3 is 14.5 Å². The van der Waals surface area contributed by atoms with Gasteiger partial charge in [-0.15, -0.1) is 0 Å². The van der Waals surface area contributed by atoms with Crippen molar-refractivity contribution < 1.29 is 23.9 Å². The molecular formula is C28H33O5P. The Kier molecular flexibility index (Phi) is 8.35. The molecule has 0 heterocycles. The lowest BCUT2D eigenvalue weighted by Crippen LogP contribution is -2.13. The van der Waals surface area contributed by atoms with Crippen molar-refractivity contribution in [3.05, 3.63) is 99.6 Å². The second kappa shape index (κ2) is 11.0. The quantitative estimate of drug-likeness (QED) is 0.332. The SMILES string of the molecule is CCC(CC)P(=O)(O)OC(=O)c1cc(C)c(Cc2ccc(O)c(Cc3ccccc3)c2)c(C)c1.